The van der Waals surface area contributed by atoms with Gasteiger partial charge in [0.05, 0.1) is 7.11 Å². The Kier molecular flexibility index (Phi) is 2.95. The second-order valence-corrected chi connectivity index (χ2v) is 3.51. The van der Waals surface area contributed by atoms with Gasteiger partial charge in [0.25, 0.3) is 0 Å². The molecule has 0 spiro atoms. The number of anilines is 1. The van der Waals surface area contributed by atoms with E-state index in [2.05, 4.69) is 15.5 Å². The van der Waals surface area contributed by atoms with Gasteiger partial charge in [0.15, 0.2) is 17.4 Å². The predicted octanol–water partition coefficient (Wildman–Crippen LogP) is 1.67. The fraction of sp³-hybridized carbons (Fsp3) is 0.273. The average molecular weight is 236 g/mol. The number of hydrogen-bond donors (Lipinski definition) is 1. The Morgan fingerprint density at radius 2 is 2.12 bits per heavy atom. The van der Waals surface area contributed by atoms with Crippen molar-refractivity contribution in [2.45, 2.75) is 0 Å². The molecular weight excluding hydrogens is 223 g/mol. The number of rotatable bonds is 3. The van der Waals surface area contributed by atoms with E-state index in [1.165, 1.54) is 13.2 Å². The van der Waals surface area contributed by atoms with Crippen LogP contribution in [-0.2, 0) is 7.05 Å². The van der Waals surface area contributed by atoms with Gasteiger partial charge in [-0.25, -0.2) is 4.39 Å². The lowest BCUT2D eigenvalue weighted by Crippen LogP contribution is -2.00. The molecule has 0 fully saturated rings. The number of aromatic nitrogens is 3. The zero-order valence-corrected chi connectivity index (χ0v) is 9.86. The van der Waals surface area contributed by atoms with E-state index in [-0.39, 0.29) is 5.75 Å². The SMILES string of the molecule is CNc1nnc(-c2ccc(OC)c(F)c2)n1C. The number of nitrogens with zero attached hydrogens (tertiary/aromatic N) is 3. The highest BCUT2D eigenvalue weighted by Gasteiger charge is 2.12. The van der Waals surface area contributed by atoms with Crippen molar-refractivity contribution in [1.29, 1.82) is 0 Å². The second-order valence-electron chi connectivity index (χ2n) is 3.51. The van der Waals surface area contributed by atoms with Gasteiger partial charge in [-0.2, -0.15) is 0 Å². The Morgan fingerprint density at radius 3 is 2.65 bits per heavy atom. The Balaban J connectivity index is 2.46. The summed E-state index contributed by atoms with van der Waals surface area (Å²) in [4.78, 5) is 0. The largest absolute Gasteiger partial charge is 0.494 e. The van der Waals surface area contributed by atoms with Crippen molar-refractivity contribution in [2.24, 2.45) is 7.05 Å². The Labute approximate surface area is 98.2 Å². The van der Waals surface area contributed by atoms with Crippen LogP contribution in [0.3, 0.4) is 0 Å². The zero-order chi connectivity index (χ0) is 12.4. The third-order valence-corrected chi connectivity index (χ3v) is 2.51. The van der Waals surface area contributed by atoms with E-state index in [0.29, 0.717) is 17.3 Å². The van der Waals surface area contributed by atoms with Crippen LogP contribution >= 0.6 is 0 Å². The van der Waals surface area contributed by atoms with Crippen LogP contribution in [0.4, 0.5) is 10.3 Å². The predicted molar refractivity (Wildman–Crippen MR) is 62.5 cm³/mol. The van der Waals surface area contributed by atoms with Crippen molar-refractivity contribution in [3.05, 3.63) is 24.0 Å². The van der Waals surface area contributed by atoms with Crippen LogP contribution in [0.25, 0.3) is 11.4 Å². The van der Waals surface area contributed by atoms with Crippen molar-refractivity contribution in [3.63, 3.8) is 0 Å². The molecule has 1 heterocycles. The summed E-state index contributed by atoms with van der Waals surface area (Å²) in [5.41, 5.74) is 0.653. The normalized spacial score (nSPS) is 10.4. The minimum atomic E-state index is -0.418. The lowest BCUT2D eigenvalue weighted by atomic mass is 10.2. The fourth-order valence-corrected chi connectivity index (χ4v) is 1.60. The summed E-state index contributed by atoms with van der Waals surface area (Å²) in [5.74, 6) is 1.01. The van der Waals surface area contributed by atoms with Gasteiger partial charge in [-0.3, -0.25) is 4.57 Å². The number of ether oxygens (including phenoxy) is 1. The molecule has 0 amide bonds. The molecule has 6 heteroatoms. The summed E-state index contributed by atoms with van der Waals surface area (Å²) in [6, 6.07) is 4.69. The molecule has 1 aromatic carbocycles. The molecule has 0 aliphatic carbocycles. The molecule has 5 nitrogen and oxygen atoms in total. The summed E-state index contributed by atoms with van der Waals surface area (Å²) in [6.45, 7) is 0. The van der Waals surface area contributed by atoms with Gasteiger partial charge in [0, 0.05) is 19.7 Å². The first kappa shape index (κ1) is 11.4. The molecule has 1 N–H and O–H groups in total. The van der Waals surface area contributed by atoms with Crippen LogP contribution in [0, 0.1) is 5.82 Å². The number of methoxy groups -OCH3 is 1. The minimum absolute atomic E-state index is 0.213. The van der Waals surface area contributed by atoms with Crippen LogP contribution in [0.5, 0.6) is 5.75 Å². The van der Waals surface area contributed by atoms with E-state index in [1.54, 1.807) is 23.7 Å². The van der Waals surface area contributed by atoms with E-state index in [9.17, 15) is 4.39 Å². The maximum Gasteiger partial charge on any atom is 0.224 e. The lowest BCUT2D eigenvalue weighted by Gasteiger charge is -2.05. The molecule has 0 saturated carbocycles. The molecule has 0 atom stereocenters. The van der Waals surface area contributed by atoms with E-state index in [1.807, 2.05) is 7.05 Å². The third kappa shape index (κ3) is 1.93. The molecule has 0 unspecified atom stereocenters. The number of benzene rings is 1. The lowest BCUT2D eigenvalue weighted by molar-refractivity contribution is 0.386. The standard InChI is InChI=1S/C11H13FN4O/c1-13-11-15-14-10(16(11)2)7-4-5-9(17-3)8(12)6-7/h4-6H,1-3H3,(H,13,15). The van der Waals surface area contributed by atoms with Gasteiger partial charge >= 0.3 is 0 Å². The maximum absolute atomic E-state index is 13.6. The summed E-state index contributed by atoms with van der Waals surface area (Å²) in [7, 11) is 4.99. The topological polar surface area (TPSA) is 52.0 Å². The molecule has 17 heavy (non-hydrogen) atoms. The summed E-state index contributed by atoms with van der Waals surface area (Å²) in [6.07, 6.45) is 0. The van der Waals surface area contributed by atoms with E-state index in [4.69, 9.17) is 4.74 Å². The second kappa shape index (κ2) is 4.40. The Hall–Kier alpha value is -2.11. The monoisotopic (exact) mass is 236 g/mol. The first-order valence-electron chi connectivity index (χ1n) is 5.08. The first-order valence-corrected chi connectivity index (χ1v) is 5.08. The van der Waals surface area contributed by atoms with Gasteiger partial charge in [0.1, 0.15) is 0 Å². The van der Waals surface area contributed by atoms with Gasteiger partial charge in [-0.05, 0) is 18.2 Å². The van der Waals surface area contributed by atoms with Crippen LogP contribution in [0.15, 0.2) is 18.2 Å². The van der Waals surface area contributed by atoms with Gasteiger partial charge < -0.3 is 10.1 Å². The summed E-state index contributed by atoms with van der Waals surface area (Å²) in [5, 5.41) is 10.8. The van der Waals surface area contributed by atoms with Crippen molar-refractivity contribution in [3.8, 4) is 17.1 Å². The molecule has 0 radical (unpaired) electrons. The zero-order valence-electron chi connectivity index (χ0n) is 9.86. The van der Waals surface area contributed by atoms with Gasteiger partial charge in [-0.1, -0.05) is 0 Å². The molecule has 0 bridgehead atoms. The highest BCUT2D eigenvalue weighted by molar-refractivity contribution is 5.58. The van der Waals surface area contributed by atoms with Crippen molar-refractivity contribution >= 4 is 5.95 Å². The van der Waals surface area contributed by atoms with Crippen molar-refractivity contribution in [2.75, 3.05) is 19.5 Å². The van der Waals surface area contributed by atoms with E-state index >= 15 is 0 Å². The van der Waals surface area contributed by atoms with Crippen LogP contribution in [0.2, 0.25) is 0 Å². The minimum Gasteiger partial charge on any atom is -0.494 e. The smallest absolute Gasteiger partial charge is 0.224 e. The molecule has 1 aromatic heterocycles. The molecule has 2 rings (SSSR count). The Bertz CT molecular complexity index is 538. The number of nitrogens with one attached hydrogen (secondary N) is 1. The summed E-state index contributed by atoms with van der Waals surface area (Å²) >= 11 is 0. The molecule has 90 valence electrons. The molecule has 0 saturated heterocycles. The van der Waals surface area contributed by atoms with Crippen LogP contribution in [0.1, 0.15) is 0 Å². The van der Waals surface area contributed by atoms with E-state index < -0.39 is 5.82 Å². The van der Waals surface area contributed by atoms with Gasteiger partial charge in [0.2, 0.25) is 5.95 Å². The number of halogens is 1. The molecule has 2 aromatic rings. The molecule has 0 aliphatic heterocycles. The highest BCUT2D eigenvalue weighted by atomic mass is 19.1. The van der Waals surface area contributed by atoms with Crippen LogP contribution < -0.4 is 10.1 Å². The molecular formula is C11H13FN4O. The first-order chi connectivity index (χ1) is 8.17. The van der Waals surface area contributed by atoms with Crippen LogP contribution in [-0.4, -0.2) is 28.9 Å². The summed E-state index contributed by atoms with van der Waals surface area (Å²) < 4.78 is 20.2. The third-order valence-electron chi connectivity index (χ3n) is 2.51. The van der Waals surface area contributed by atoms with E-state index in [0.717, 1.165) is 0 Å². The van der Waals surface area contributed by atoms with Crippen molar-refractivity contribution in [1.82, 2.24) is 14.8 Å². The quantitative estimate of drug-likeness (QED) is 0.880. The van der Waals surface area contributed by atoms with Crippen molar-refractivity contribution < 1.29 is 9.13 Å². The maximum atomic E-state index is 13.6. The highest BCUT2D eigenvalue weighted by Crippen LogP contribution is 2.24. The molecule has 0 aliphatic rings. The number of hydrogen-bond acceptors (Lipinski definition) is 4. The average Bonchev–Trinajstić information content (AvgIpc) is 2.70. The fourth-order valence-electron chi connectivity index (χ4n) is 1.60. The van der Waals surface area contributed by atoms with Gasteiger partial charge in [-0.15, -0.1) is 10.2 Å². The Morgan fingerprint density at radius 1 is 1.35 bits per heavy atom.